The molecule has 0 aromatic heterocycles. The van der Waals surface area contributed by atoms with E-state index in [2.05, 4.69) is 153 Å². The zero-order valence-electron chi connectivity index (χ0n) is 26.5. The van der Waals surface area contributed by atoms with Gasteiger partial charge in [-0.25, -0.2) is 0 Å². The van der Waals surface area contributed by atoms with Crippen LogP contribution in [0.5, 0.6) is 0 Å². The number of unbranched alkanes of at least 4 members (excludes halogenated alkanes) is 2. The van der Waals surface area contributed by atoms with Crippen LogP contribution in [0.2, 0.25) is 13.3 Å². The molecule has 0 N–H and O–H groups in total. The van der Waals surface area contributed by atoms with Crippen molar-refractivity contribution in [3.05, 3.63) is 145 Å². The first-order valence-electron chi connectivity index (χ1n) is 16.5. The van der Waals surface area contributed by atoms with Crippen LogP contribution in [0.25, 0.3) is 11.1 Å². The minimum atomic E-state index is -2.45. The molecule has 0 aliphatic rings. The molecule has 5 aromatic carbocycles. The zero-order valence-corrected chi connectivity index (χ0v) is 31.0. The van der Waals surface area contributed by atoms with Crippen LogP contribution in [0.3, 0.4) is 0 Å². The van der Waals surface area contributed by atoms with Gasteiger partial charge in [-0.05, 0) is 36.4 Å². The van der Waals surface area contributed by atoms with Gasteiger partial charge in [0.05, 0.1) is 0 Å². The molecule has 226 valence electrons. The molecule has 0 atom stereocenters. The van der Waals surface area contributed by atoms with Crippen molar-refractivity contribution in [1.29, 1.82) is 0 Å². The van der Waals surface area contributed by atoms with Crippen molar-refractivity contribution in [1.82, 2.24) is 0 Å². The Kier molecular flexibility index (Phi) is 12.2. The van der Waals surface area contributed by atoms with Crippen molar-refractivity contribution >= 4 is 54.7 Å². The Bertz CT molecular complexity index is 1430. The van der Waals surface area contributed by atoms with Gasteiger partial charge in [0, 0.05) is 0 Å². The SMILES string of the molecule is CCC[CH2][Sn]([Cl])([CH2]CCC)[CH2]CCc1ccc(-c2ccc([P+](c3ccccc3)(c3ccccc3)c3ccccc3)cc2)cc1. The second kappa shape index (κ2) is 16.3. The first-order valence-corrected chi connectivity index (χ1v) is 28.0. The van der Waals surface area contributed by atoms with Gasteiger partial charge in [-0.1, -0.05) is 54.6 Å². The van der Waals surface area contributed by atoms with Crippen LogP contribution in [-0.2, 0) is 6.42 Å². The van der Waals surface area contributed by atoms with Crippen LogP contribution in [0.1, 0.15) is 51.5 Å². The number of aryl methyl sites for hydroxylation is 1. The normalized spacial score (nSPS) is 11.9. The molecule has 0 aliphatic carbocycles. The summed E-state index contributed by atoms with van der Waals surface area (Å²) in [5.41, 5.74) is 3.98. The summed E-state index contributed by atoms with van der Waals surface area (Å²) < 4.78 is 4.02. The Morgan fingerprint density at radius 2 is 0.818 bits per heavy atom. The van der Waals surface area contributed by atoms with Gasteiger partial charge in [-0.15, -0.1) is 0 Å². The summed E-state index contributed by atoms with van der Waals surface area (Å²) in [5, 5.41) is 5.52. The summed E-state index contributed by atoms with van der Waals surface area (Å²) in [6.45, 7) is 4.59. The van der Waals surface area contributed by atoms with Crippen LogP contribution >= 0.6 is 16.2 Å². The molecule has 0 saturated heterocycles. The van der Waals surface area contributed by atoms with Crippen LogP contribution in [0.4, 0.5) is 0 Å². The maximum absolute atomic E-state index is 7.34. The van der Waals surface area contributed by atoms with Crippen LogP contribution in [-0.4, -0.2) is 17.3 Å². The fourth-order valence-electron chi connectivity index (χ4n) is 6.56. The van der Waals surface area contributed by atoms with Crippen LogP contribution in [0, 0.1) is 0 Å². The number of benzene rings is 5. The van der Waals surface area contributed by atoms with Crippen LogP contribution < -0.4 is 21.2 Å². The third kappa shape index (κ3) is 7.88. The third-order valence-corrected chi connectivity index (χ3v) is 27.8. The Balaban J connectivity index is 1.39. The van der Waals surface area contributed by atoms with E-state index in [1.165, 1.54) is 83.3 Å². The standard InChI is InChI=1S/C33H29P.2C4H9.ClH.Sn/c1-2-12-27-19-21-28(22-20-27)29-23-25-33(26-24-29)34(30-13-6-3-7-14-30,31-15-8-4-9-16-31)32-17-10-5-11-18-32;2*1-3-4-2;;/h3-11,13-26H,1-2,12H2;2*1,3-4H2,2H3;1H;/q+1;;;;+1/p-1. The molecule has 0 nitrogen and oxygen atoms in total. The van der Waals surface area contributed by atoms with E-state index in [0.29, 0.717) is 0 Å². The van der Waals surface area contributed by atoms with Gasteiger partial charge in [-0.2, -0.15) is 0 Å². The quantitative estimate of drug-likeness (QED) is 0.0745. The summed E-state index contributed by atoms with van der Waals surface area (Å²) in [6.07, 6.45) is 7.57. The molecular weight excluding hydrogens is 678 g/mol. The molecule has 0 bridgehead atoms. The van der Waals surface area contributed by atoms with Gasteiger partial charge < -0.3 is 0 Å². The van der Waals surface area contributed by atoms with E-state index in [0.717, 1.165) is 6.42 Å². The molecule has 0 spiro atoms. The first kappa shape index (κ1) is 33.0. The zero-order chi connectivity index (χ0) is 30.7. The maximum atomic E-state index is 7.34. The van der Waals surface area contributed by atoms with E-state index in [1.54, 1.807) is 0 Å². The van der Waals surface area contributed by atoms with Gasteiger partial charge in [0.2, 0.25) is 0 Å². The van der Waals surface area contributed by atoms with Gasteiger partial charge >= 0.3 is 170 Å². The summed E-state index contributed by atoms with van der Waals surface area (Å²) in [5.74, 6) is 0. The molecule has 5 aromatic rings. The summed E-state index contributed by atoms with van der Waals surface area (Å²) >= 11 is -2.45. The first-order chi connectivity index (χ1) is 21.6. The Morgan fingerprint density at radius 1 is 0.455 bits per heavy atom. The monoisotopic (exact) mass is 725 g/mol. The fraction of sp³-hybridized carbons (Fsp3) is 0.268. The van der Waals surface area contributed by atoms with Crippen LogP contribution in [0.15, 0.2) is 140 Å². The molecule has 0 aliphatic heterocycles. The van der Waals surface area contributed by atoms with Crippen molar-refractivity contribution in [3.8, 4) is 11.1 Å². The minimum absolute atomic E-state index is 1.14. The van der Waals surface area contributed by atoms with Gasteiger partial charge in [0.1, 0.15) is 15.9 Å². The van der Waals surface area contributed by atoms with Gasteiger partial charge in [-0.3, -0.25) is 0 Å². The van der Waals surface area contributed by atoms with E-state index in [1.807, 2.05) is 0 Å². The number of hydrogen-bond acceptors (Lipinski definition) is 0. The third-order valence-electron chi connectivity index (χ3n) is 9.02. The molecule has 44 heavy (non-hydrogen) atoms. The summed E-state index contributed by atoms with van der Waals surface area (Å²) in [4.78, 5) is 0. The van der Waals surface area contributed by atoms with Crippen molar-refractivity contribution in [2.45, 2.75) is 65.7 Å². The Labute approximate surface area is 274 Å². The molecule has 0 unspecified atom stereocenters. The predicted octanol–water partition coefficient (Wildman–Crippen LogP) is 10.7. The average Bonchev–Trinajstić information content (AvgIpc) is 3.09. The average molecular weight is 725 g/mol. The Morgan fingerprint density at radius 3 is 1.23 bits per heavy atom. The molecule has 0 radical (unpaired) electrons. The topological polar surface area (TPSA) is 0 Å². The van der Waals surface area contributed by atoms with E-state index in [4.69, 9.17) is 8.92 Å². The molecule has 5 rings (SSSR count). The molecule has 0 saturated carbocycles. The Hall–Kier alpha value is -2.38. The van der Waals surface area contributed by atoms with Crippen molar-refractivity contribution in [3.63, 3.8) is 0 Å². The van der Waals surface area contributed by atoms with E-state index in [-0.39, 0.29) is 0 Å². The predicted molar refractivity (Wildman–Crippen MR) is 201 cm³/mol. The van der Waals surface area contributed by atoms with E-state index >= 15 is 0 Å². The summed E-state index contributed by atoms with van der Waals surface area (Å²) in [6, 6.07) is 52.0. The van der Waals surface area contributed by atoms with Crippen molar-refractivity contribution in [2.75, 3.05) is 0 Å². The summed E-state index contributed by atoms with van der Waals surface area (Å²) in [7, 11) is 5.27. The molecule has 0 heterocycles. The van der Waals surface area contributed by atoms with E-state index in [9.17, 15) is 0 Å². The molecular formula is C41H47ClPSn+. The van der Waals surface area contributed by atoms with Gasteiger partial charge in [0.25, 0.3) is 0 Å². The fourth-order valence-corrected chi connectivity index (χ4v) is 23.6. The van der Waals surface area contributed by atoms with Gasteiger partial charge in [0.15, 0.2) is 0 Å². The van der Waals surface area contributed by atoms with Crippen molar-refractivity contribution < 1.29 is 0 Å². The number of hydrogen-bond donors (Lipinski definition) is 0. The number of halogens is 1. The molecule has 0 amide bonds. The van der Waals surface area contributed by atoms with E-state index < -0.39 is 24.5 Å². The van der Waals surface area contributed by atoms with Crippen molar-refractivity contribution in [2.24, 2.45) is 0 Å². The molecule has 0 fully saturated rings. The molecule has 3 heteroatoms. The second-order valence-electron chi connectivity index (χ2n) is 12.1. The second-order valence-corrected chi connectivity index (χ2v) is 31.8. The number of rotatable bonds is 15.